The number of aromatic nitrogens is 1. The minimum atomic E-state index is -0.530. The van der Waals surface area contributed by atoms with Gasteiger partial charge in [-0.05, 0) is 35.9 Å². The molecule has 1 heterocycles. The quantitative estimate of drug-likeness (QED) is 0.705. The maximum absolute atomic E-state index is 13.2. The van der Waals surface area contributed by atoms with E-state index in [9.17, 15) is 9.18 Å². The summed E-state index contributed by atoms with van der Waals surface area (Å²) in [5, 5.41) is 2.63. The van der Waals surface area contributed by atoms with Gasteiger partial charge in [0.15, 0.2) is 0 Å². The Balaban J connectivity index is 1.66. The van der Waals surface area contributed by atoms with Crippen molar-refractivity contribution in [3.63, 3.8) is 0 Å². The van der Waals surface area contributed by atoms with Gasteiger partial charge >= 0.3 is 0 Å². The van der Waals surface area contributed by atoms with E-state index in [0.29, 0.717) is 17.8 Å². The van der Waals surface area contributed by atoms with Crippen LogP contribution in [0.4, 0.5) is 15.9 Å². The topological polar surface area (TPSA) is 45.2 Å². The Morgan fingerprint density at radius 1 is 1.15 bits per heavy atom. The number of halogens is 2. The lowest BCUT2D eigenvalue weighted by atomic mass is 10.2. The van der Waals surface area contributed by atoms with E-state index < -0.39 is 5.82 Å². The number of hydrogen-bond donors (Lipinski definition) is 1. The van der Waals surface area contributed by atoms with Crippen molar-refractivity contribution in [2.45, 2.75) is 6.54 Å². The van der Waals surface area contributed by atoms with Gasteiger partial charge in [0.05, 0.1) is 10.6 Å². The number of carbonyl (C=O) groups excluding carboxylic acids is 1. The zero-order valence-corrected chi connectivity index (χ0v) is 14.9. The van der Waals surface area contributed by atoms with Gasteiger partial charge in [0, 0.05) is 25.5 Å². The monoisotopic (exact) mass is 369 g/mol. The zero-order valence-electron chi connectivity index (χ0n) is 14.1. The first-order chi connectivity index (χ1) is 12.5. The molecule has 0 saturated carbocycles. The van der Waals surface area contributed by atoms with Crippen molar-refractivity contribution in [1.82, 2.24) is 4.98 Å². The van der Waals surface area contributed by atoms with Gasteiger partial charge in [-0.3, -0.25) is 4.79 Å². The third-order valence-electron chi connectivity index (χ3n) is 3.84. The molecular weight excluding hydrogens is 353 g/mol. The average Bonchev–Trinajstić information content (AvgIpc) is 2.65. The van der Waals surface area contributed by atoms with Gasteiger partial charge in [-0.2, -0.15) is 0 Å². The van der Waals surface area contributed by atoms with Crippen molar-refractivity contribution in [3.8, 4) is 0 Å². The van der Waals surface area contributed by atoms with Crippen molar-refractivity contribution in [2.24, 2.45) is 0 Å². The summed E-state index contributed by atoms with van der Waals surface area (Å²) >= 11 is 5.72. The Morgan fingerprint density at radius 2 is 1.92 bits per heavy atom. The number of nitrogens with zero attached hydrogens (tertiary/aromatic N) is 2. The number of benzene rings is 2. The van der Waals surface area contributed by atoms with Crippen LogP contribution in [0.1, 0.15) is 15.9 Å². The number of hydrogen-bond acceptors (Lipinski definition) is 3. The highest BCUT2D eigenvalue weighted by atomic mass is 35.5. The lowest BCUT2D eigenvalue weighted by Gasteiger charge is -2.18. The van der Waals surface area contributed by atoms with Crippen molar-refractivity contribution < 1.29 is 9.18 Å². The van der Waals surface area contributed by atoms with Crippen LogP contribution in [0.15, 0.2) is 66.9 Å². The molecule has 1 N–H and O–H groups in total. The van der Waals surface area contributed by atoms with Crippen LogP contribution in [0.25, 0.3) is 0 Å². The normalized spacial score (nSPS) is 10.4. The molecule has 0 aliphatic carbocycles. The SMILES string of the molecule is CN(Cc1ccccc1)c1ccc(C(=O)Nc2ccc(F)c(Cl)c2)cn1. The molecule has 1 aromatic heterocycles. The summed E-state index contributed by atoms with van der Waals surface area (Å²) in [6, 6.07) is 17.6. The van der Waals surface area contributed by atoms with Crippen LogP contribution in [0, 0.1) is 5.82 Å². The van der Waals surface area contributed by atoms with Crippen LogP contribution < -0.4 is 10.2 Å². The van der Waals surface area contributed by atoms with E-state index in [-0.39, 0.29) is 10.9 Å². The predicted octanol–water partition coefficient (Wildman–Crippen LogP) is 4.76. The molecule has 0 atom stereocenters. The first kappa shape index (κ1) is 17.9. The molecule has 132 valence electrons. The number of amides is 1. The summed E-state index contributed by atoms with van der Waals surface area (Å²) < 4.78 is 13.2. The Kier molecular flexibility index (Phi) is 5.49. The van der Waals surface area contributed by atoms with Gasteiger partial charge in [0.1, 0.15) is 11.6 Å². The molecule has 3 rings (SSSR count). The molecule has 4 nitrogen and oxygen atoms in total. The molecule has 26 heavy (non-hydrogen) atoms. The first-order valence-corrected chi connectivity index (χ1v) is 8.38. The molecular formula is C20H17ClFN3O. The molecule has 0 radical (unpaired) electrons. The predicted molar refractivity (Wildman–Crippen MR) is 102 cm³/mol. The van der Waals surface area contributed by atoms with E-state index in [1.54, 1.807) is 12.1 Å². The molecule has 0 spiro atoms. The van der Waals surface area contributed by atoms with Crippen molar-refractivity contribution >= 4 is 29.0 Å². The molecule has 0 saturated heterocycles. The van der Waals surface area contributed by atoms with Gasteiger partial charge in [-0.1, -0.05) is 41.9 Å². The molecule has 0 aliphatic rings. The van der Waals surface area contributed by atoms with E-state index in [1.165, 1.54) is 30.0 Å². The summed E-state index contributed by atoms with van der Waals surface area (Å²) in [6.45, 7) is 0.716. The van der Waals surface area contributed by atoms with Gasteiger partial charge in [0.25, 0.3) is 5.91 Å². The van der Waals surface area contributed by atoms with Gasteiger partial charge in [0.2, 0.25) is 0 Å². The fraction of sp³-hybridized carbons (Fsp3) is 0.100. The number of pyridine rings is 1. The first-order valence-electron chi connectivity index (χ1n) is 8.00. The second-order valence-corrected chi connectivity index (χ2v) is 6.24. The van der Waals surface area contributed by atoms with Crippen LogP contribution in [0.5, 0.6) is 0 Å². The van der Waals surface area contributed by atoms with Crippen molar-refractivity contribution in [3.05, 3.63) is 88.8 Å². The standard InChI is InChI=1S/C20H17ClFN3O/c1-25(13-14-5-3-2-4-6-14)19-10-7-15(12-23-19)20(26)24-16-8-9-18(22)17(21)11-16/h2-12H,13H2,1H3,(H,24,26). The highest BCUT2D eigenvalue weighted by Gasteiger charge is 2.10. The Morgan fingerprint density at radius 3 is 2.58 bits per heavy atom. The lowest BCUT2D eigenvalue weighted by molar-refractivity contribution is 0.102. The third kappa shape index (κ3) is 4.37. The highest BCUT2D eigenvalue weighted by molar-refractivity contribution is 6.31. The summed E-state index contributed by atoms with van der Waals surface area (Å²) in [5.74, 6) is -0.107. The number of carbonyl (C=O) groups is 1. The van der Waals surface area contributed by atoms with Crippen LogP contribution in [-0.4, -0.2) is 17.9 Å². The third-order valence-corrected chi connectivity index (χ3v) is 4.13. The van der Waals surface area contributed by atoms with E-state index in [1.807, 2.05) is 42.3 Å². The average molecular weight is 370 g/mol. The molecule has 6 heteroatoms. The molecule has 1 amide bonds. The molecule has 0 bridgehead atoms. The van der Waals surface area contributed by atoms with Crippen molar-refractivity contribution in [1.29, 1.82) is 0 Å². The Bertz CT molecular complexity index is 901. The molecule has 0 unspecified atom stereocenters. The smallest absolute Gasteiger partial charge is 0.257 e. The second-order valence-electron chi connectivity index (χ2n) is 5.83. The van der Waals surface area contributed by atoms with E-state index in [4.69, 9.17) is 11.6 Å². The number of anilines is 2. The fourth-order valence-corrected chi connectivity index (χ4v) is 2.64. The van der Waals surface area contributed by atoms with E-state index in [0.717, 1.165) is 5.82 Å². The molecule has 3 aromatic rings. The maximum Gasteiger partial charge on any atom is 0.257 e. The highest BCUT2D eigenvalue weighted by Crippen LogP contribution is 2.20. The summed E-state index contributed by atoms with van der Waals surface area (Å²) in [7, 11) is 1.94. The minimum Gasteiger partial charge on any atom is -0.355 e. The Hall–Kier alpha value is -2.92. The summed E-state index contributed by atoms with van der Waals surface area (Å²) in [4.78, 5) is 18.6. The summed E-state index contributed by atoms with van der Waals surface area (Å²) in [5.41, 5.74) is 2.00. The number of nitrogens with one attached hydrogen (secondary N) is 1. The van der Waals surface area contributed by atoms with Crippen LogP contribution in [-0.2, 0) is 6.54 Å². The largest absolute Gasteiger partial charge is 0.355 e. The number of rotatable bonds is 5. The van der Waals surface area contributed by atoms with Gasteiger partial charge in [-0.15, -0.1) is 0 Å². The van der Waals surface area contributed by atoms with Crippen LogP contribution in [0.3, 0.4) is 0 Å². The van der Waals surface area contributed by atoms with E-state index >= 15 is 0 Å². The fourth-order valence-electron chi connectivity index (χ4n) is 2.46. The molecule has 0 aliphatic heterocycles. The van der Waals surface area contributed by atoms with E-state index in [2.05, 4.69) is 10.3 Å². The Labute approximate surface area is 156 Å². The van der Waals surface area contributed by atoms with Crippen LogP contribution in [0.2, 0.25) is 5.02 Å². The lowest BCUT2D eigenvalue weighted by Crippen LogP contribution is -2.18. The minimum absolute atomic E-state index is 0.0428. The maximum atomic E-state index is 13.2. The van der Waals surface area contributed by atoms with Crippen LogP contribution >= 0.6 is 11.6 Å². The van der Waals surface area contributed by atoms with Crippen molar-refractivity contribution in [2.75, 3.05) is 17.3 Å². The summed E-state index contributed by atoms with van der Waals surface area (Å²) in [6.07, 6.45) is 1.51. The van der Waals surface area contributed by atoms with Gasteiger partial charge in [-0.25, -0.2) is 9.37 Å². The second kappa shape index (κ2) is 7.97. The molecule has 0 fully saturated rings. The zero-order chi connectivity index (χ0) is 18.5. The van der Waals surface area contributed by atoms with Gasteiger partial charge < -0.3 is 10.2 Å². The molecule has 2 aromatic carbocycles.